The zero-order chi connectivity index (χ0) is 11.9. The van der Waals surface area contributed by atoms with Crippen molar-refractivity contribution in [3.05, 3.63) is 16.1 Å². The molecule has 1 N–H and O–H groups in total. The molecule has 0 saturated carbocycles. The van der Waals surface area contributed by atoms with Gasteiger partial charge in [-0.05, 0) is 6.92 Å². The largest absolute Gasteiger partial charge is 0.481 e. The highest BCUT2D eigenvalue weighted by atomic mass is 32.1. The van der Waals surface area contributed by atoms with Crippen LogP contribution in [0.1, 0.15) is 23.2 Å². The molecule has 5 nitrogen and oxygen atoms in total. The number of carboxylic acid groups (broad SMARTS) is 1. The molecule has 1 aromatic rings. The van der Waals surface area contributed by atoms with E-state index in [1.54, 1.807) is 7.05 Å². The first-order chi connectivity index (χ1) is 7.50. The molecule has 16 heavy (non-hydrogen) atoms. The highest BCUT2D eigenvalue weighted by Gasteiger charge is 2.43. The van der Waals surface area contributed by atoms with Crippen molar-refractivity contribution in [1.29, 1.82) is 0 Å². The van der Waals surface area contributed by atoms with Gasteiger partial charge in [-0.15, -0.1) is 11.3 Å². The minimum Gasteiger partial charge on any atom is -0.481 e. The minimum absolute atomic E-state index is 0.0626. The van der Waals surface area contributed by atoms with Crippen LogP contribution in [0.15, 0.2) is 5.38 Å². The topological polar surface area (TPSA) is 70.5 Å². The summed E-state index contributed by atoms with van der Waals surface area (Å²) in [5.41, 5.74) is 0.684. The highest BCUT2D eigenvalue weighted by Crippen LogP contribution is 2.37. The Kier molecular flexibility index (Phi) is 2.67. The monoisotopic (exact) mass is 240 g/mol. The van der Waals surface area contributed by atoms with Crippen LogP contribution in [0.25, 0.3) is 0 Å². The molecule has 1 aliphatic heterocycles. The summed E-state index contributed by atoms with van der Waals surface area (Å²) in [6.45, 7) is 1.86. The molecular formula is C10H12N2O3S. The van der Waals surface area contributed by atoms with Gasteiger partial charge in [-0.2, -0.15) is 0 Å². The molecule has 6 heteroatoms. The molecule has 1 fully saturated rings. The third-order valence-electron chi connectivity index (χ3n) is 2.84. The SMILES string of the molecule is Cc1nc(C2C(C(=O)O)CC(=O)N2C)cs1. The Bertz CT molecular complexity index is 443. The van der Waals surface area contributed by atoms with Crippen molar-refractivity contribution >= 4 is 23.2 Å². The number of carbonyl (C=O) groups excluding carboxylic acids is 1. The van der Waals surface area contributed by atoms with Gasteiger partial charge in [0.25, 0.3) is 0 Å². The average Bonchev–Trinajstić information content (AvgIpc) is 2.73. The molecule has 0 radical (unpaired) electrons. The zero-order valence-corrected chi connectivity index (χ0v) is 9.82. The van der Waals surface area contributed by atoms with Crippen molar-refractivity contribution in [2.75, 3.05) is 7.05 Å². The molecule has 86 valence electrons. The molecule has 0 aliphatic carbocycles. The normalized spacial score (nSPS) is 25.1. The van der Waals surface area contributed by atoms with Gasteiger partial charge in [0.1, 0.15) is 0 Å². The zero-order valence-electron chi connectivity index (χ0n) is 9.01. The Morgan fingerprint density at radius 2 is 2.38 bits per heavy atom. The van der Waals surface area contributed by atoms with Crippen molar-refractivity contribution in [3.63, 3.8) is 0 Å². The predicted octanol–water partition coefficient (Wildman–Crippen LogP) is 1.06. The van der Waals surface area contributed by atoms with Crippen molar-refractivity contribution in [2.45, 2.75) is 19.4 Å². The first-order valence-electron chi connectivity index (χ1n) is 4.91. The number of hydrogen-bond acceptors (Lipinski definition) is 4. The van der Waals surface area contributed by atoms with E-state index in [1.807, 2.05) is 12.3 Å². The first kappa shape index (κ1) is 11.1. The maximum absolute atomic E-state index is 11.5. The number of amides is 1. The first-order valence-corrected chi connectivity index (χ1v) is 5.79. The maximum atomic E-state index is 11.5. The lowest BCUT2D eigenvalue weighted by atomic mass is 9.98. The predicted molar refractivity (Wildman–Crippen MR) is 58.1 cm³/mol. The number of thiazole rings is 1. The second kappa shape index (κ2) is 3.86. The summed E-state index contributed by atoms with van der Waals surface area (Å²) in [4.78, 5) is 28.3. The molecule has 1 saturated heterocycles. The van der Waals surface area contributed by atoms with Gasteiger partial charge >= 0.3 is 5.97 Å². The van der Waals surface area contributed by atoms with Crippen molar-refractivity contribution in [2.24, 2.45) is 5.92 Å². The van der Waals surface area contributed by atoms with Gasteiger partial charge in [-0.3, -0.25) is 9.59 Å². The van der Waals surface area contributed by atoms with Gasteiger partial charge < -0.3 is 10.0 Å². The Balaban J connectivity index is 2.36. The van der Waals surface area contributed by atoms with Gasteiger partial charge in [0.05, 0.1) is 22.7 Å². The standard InChI is InChI=1S/C10H12N2O3S/c1-5-11-7(4-16-5)9-6(10(14)15)3-8(13)12(9)2/h4,6,9H,3H2,1-2H3,(H,14,15). The van der Waals surface area contributed by atoms with Gasteiger partial charge in [0.2, 0.25) is 5.91 Å². The molecule has 1 aromatic heterocycles. The van der Waals surface area contributed by atoms with E-state index < -0.39 is 17.9 Å². The number of aliphatic carboxylic acids is 1. The van der Waals surface area contributed by atoms with Crippen LogP contribution in [0, 0.1) is 12.8 Å². The van der Waals surface area contributed by atoms with E-state index in [0.717, 1.165) is 5.01 Å². The molecule has 0 spiro atoms. The fourth-order valence-corrected chi connectivity index (χ4v) is 2.65. The second-order valence-corrected chi connectivity index (χ2v) is 4.95. The Morgan fingerprint density at radius 1 is 1.69 bits per heavy atom. The number of carboxylic acids is 1. The molecule has 2 rings (SSSR count). The molecular weight excluding hydrogens is 228 g/mol. The summed E-state index contributed by atoms with van der Waals surface area (Å²) in [6.07, 6.45) is 0.0626. The maximum Gasteiger partial charge on any atom is 0.309 e. The molecule has 0 aromatic carbocycles. The van der Waals surface area contributed by atoms with Crippen LogP contribution in [0.2, 0.25) is 0 Å². The summed E-state index contributed by atoms with van der Waals surface area (Å²) in [5, 5.41) is 11.8. The van der Waals surface area contributed by atoms with Crippen LogP contribution in [0.5, 0.6) is 0 Å². The van der Waals surface area contributed by atoms with Crippen LogP contribution in [-0.2, 0) is 9.59 Å². The molecule has 2 heterocycles. The molecule has 2 atom stereocenters. The number of nitrogens with zero attached hydrogens (tertiary/aromatic N) is 2. The highest BCUT2D eigenvalue weighted by molar-refractivity contribution is 7.09. The lowest BCUT2D eigenvalue weighted by Crippen LogP contribution is -2.27. The number of aromatic nitrogens is 1. The van der Waals surface area contributed by atoms with Crippen molar-refractivity contribution < 1.29 is 14.7 Å². The van der Waals surface area contributed by atoms with E-state index in [0.29, 0.717) is 5.69 Å². The quantitative estimate of drug-likeness (QED) is 0.839. The third-order valence-corrected chi connectivity index (χ3v) is 3.64. The average molecular weight is 240 g/mol. The van der Waals surface area contributed by atoms with Crippen LogP contribution in [0.4, 0.5) is 0 Å². The third kappa shape index (κ3) is 1.69. The Morgan fingerprint density at radius 3 is 2.88 bits per heavy atom. The van der Waals surface area contributed by atoms with E-state index in [1.165, 1.54) is 16.2 Å². The molecule has 1 amide bonds. The summed E-state index contributed by atoms with van der Waals surface area (Å²) in [7, 11) is 1.63. The van der Waals surface area contributed by atoms with Crippen LogP contribution in [0.3, 0.4) is 0 Å². The fourth-order valence-electron chi connectivity index (χ4n) is 2.01. The number of rotatable bonds is 2. The lowest BCUT2D eigenvalue weighted by molar-refractivity contribution is -0.142. The van der Waals surface area contributed by atoms with Crippen LogP contribution < -0.4 is 0 Å². The van der Waals surface area contributed by atoms with Gasteiger partial charge in [-0.25, -0.2) is 4.98 Å². The van der Waals surface area contributed by atoms with E-state index in [2.05, 4.69) is 4.98 Å². The number of aryl methyl sites for hydroxylation is 1. The fraction of sp³-hybridized carbons (Fsp3) is 0.500. The smallest absolute Gasteiger partial charge is 0.309 e. The summed E-state index contributed by atoms with van der Waals surface area (Å²) >= 11 is 1.47. The van der Waals surface area contributed by atoms with Crippen LogP contribution in [-0.4, -0.2) is 33.9 Å². The van der Waals surface area contributed by atoms with Crippen molar-refractivity contribution in [1.82, 2.24) is 9.88 Å². The van der Waals surface area contributed by atoms with E-state index in [-0.39, 0.29) is 12.3 Å². The van der Waals surface area contributed by atoms with Gasteiger partial charge in [0.15, 0.2) is 0 Å². The van der Waals surface area contributed by atoms with Gasteiger partial charge in [0, 0.05) is 18.8 Å². The van der Waals surface area contributed by atoms with Gasteiger partial charge in [-0.1, -0.05) is 0 Å². The lowest BCUT2D eigenvalue weighted by Gasteiger charge is -2.20. The second-order valence-electron chi connectivity index (χ2n) is 3.89. The van der Waals surface area contributed by atoms with Crippen molar-refractivity contribution in [3.8, 4) is 0 Å². The number of likely N-dealkylation sites (tertiary alicyclic amines) is 1. The van der Waals surface area contributed by atoms with E-state index in [4.69, 9.17) is 5.11 Å². The Hall–Kier alpha value is -1.43. The summed E-state index contributed by atoms with van der Waals surface area (Å²) in [5.74, 6) is -1.75. The number of carbonyl (C=O) groups is 2. The molecule has 0 bridgehead atoms. The summed E-state index contributed by atoms with van der Waals surface area (Å²) < 4.78 is 0. The van der Waals surface area contributed by atoms with E-state index >= 15 is 0 Å². The summed E-state index contributed by atoms with van der Waals surface area (Å²) in [6, 6.07) is -0.421. The minimum atomic E-state index is -0.937. The molecule has 2 unspecified atom stereocenters. The van der Waals surface area contributed by atoms with Crippen LogP contribution >= 0.6 is 11.3 Å². The molecule has 1 aliphatic rings. The van der Waals surface area contributed by atoms with E-state index in [9.17, 15) is 9.59 Å². The Labute approximate surface area is 96.7 Å². The number of hydrogen-bond donors (Lipinski definition) is 1.